The minimum atomic E-state index is -0.205. The summed E-state index contributed by atoms with van der Waals surface area (Å²) < 4.78 is 0. The molecule has 1 N–H and O–H groups in total. The Morgan fingerprint density at radius 2 is 2.00 bits per heavy atom. The van der Waals surface area contributed by atoms with Gasteiger partial charge in [0.05, 0.1) is 0 Å². The first kappa shape index (κ1) is 16.1. The number of carbonyl (C=O) groups excluding carboxylic acids is 1. The quantitative estimate of drug-likeness (QED) is 0.773. The molecule has 122 valence electrons. The van der Waals surface area contributed by atoms with Gasteiger partial charge in [-0.2, -0.15) is 4.80 Å². The maximum atomic E-state index is 12.1. The standard InChI is InChI=1S/C17H16ClN5O/c1-2-12-4-3-5-15(10-12)19-16(24)11-23-21-17(20-22-23)13-6-8-14(18)9-7-13/h3-10H,2,11H2,1H3,(H,19,24). The summed E-state index contributed by atoms with van der Waals surface area (Å²) in [6.45, 7) is 2.06. The molecule has 1 heterocycles. The zero-order valence-corrected chi connectivity index (χ0v) is 13.9. The lowest BCUT2D eigenvalue weighted by Crippen LogP contribution is -2.20. The molecule has 1 aromatic heterocycles. The number of nitrogens with zero attached hydrogens (tertiary/aromatic N) is 4. The van der Waals surface area contributed by atoms with Gasteiger partial charge in [-0.3, -0.25) is 4.79 Å². The smallest absolute Gasteiger partial charge is 0.248 e. The van der Waals surface area contributed by atoms with Crippen molar-refractivity contribution in [1.29, 1.82) is 0 Å². The molecule has 3 aromatic rings. The highest BCUT2D eigenvalue weighted by Gasteiger charge is 2.09. The van der Waals surface area contributed by atoms with E-state index in [-0.39, 0.29) is 12.5 Å². The highest BCUT2D eigenvalue weighted by atomic mass is 35.5. The maximum Gasteiger partial charge on any atom is 0.248 e. The molecule has 3 rings (SSSR count). The maximum absolute atomic E-state index is 12.1. The van der Waals surface area contributed by atoms with Crippen LogP contribution in [0.15, 0.2) is 48.5 Å². The molecule has 0 unspecified atom stereocenters. The van der Waals surface area contributed by atoms with Crippen molar-refractivity contribution >= 4 is 23.2 Å². The number of anilines is 1. The summed E-state index contributed by atoms with van der Waals surface area (Å²) in [6, 6.07) is 14.9. The summed E-state index contributed by atoms with van der Waals surface area (Å²) in [6.07, 6.45) is 0.915. The molecule has 1 amide bonds. The number of rotatable bonds is 5. The lowest BCUT2D eigenvalue weighted by atomic mass is 10.1. The first-order valence-electron chi connectivity index (χ1n) is 7.56. The molecule has 24 heavy (non-hydrogen) atoms. The molecule has 0 aliphatic rings. The third kappa shape index (κ3) is 3.97. The Balaban J connectivity index is 1.65. The summed E-state index contributed by atoms with van der Waals surface area (Å²) >= 11 is 5.86. The van der Waals surface area contributed by atoms with Crippen molar-refractivity contribution in [3.63, 3.8) is 0 Å². The monoisotopic (exact) mass is 341 g/mol. The number of hydrogen-bond donors (Lipinski definition) is 1. The van der Waals surface area contributed by atoms with Gasteiger partial charge in [0.2, 0.25) is 11.7 Å². The fourth-order valence-electron chi connectivity index (χ4n) is 2.22. The molecule has 0 aliphatic heterocycles. The summed E-state index contributed by atoms with van der Waals surface area (Å²) in [5, 5.41) is 15.6. The zero-order valence-electron chi connectivity index (χ0n) is 13.1. The van der Waals surface area contributed by atoms with E-state index < -0.39 is 0 Å². The fourth-order valence-corrected chi connectivity index (χ4v) is 2.35. The summed E-state index contributed by atoms with van der Waals surface area (Å²) in [7, 11) is 0. The largest absolute Gasteiger partial charge is 0.324 e. The van der Waals surface area contributed by atoms with Crippen molar-refractivity contribution in [1.82, 2.24) is 20.2 Å². The van der Waals surface area contributed by atoms with Gasteiger partial charge in [-0.1, -0.05) is 30.7 Å². The van der Waals surface area contributed by atoms with Crippen LogP contribution in [0, 0.1) is 0 Å². The van der Waals surface area contributed by atoms with Crippen LogP contribution < -0.4 is 5.32 Å². The molecule has 0 fully saturated rings. The lowest BCUT2D eigenvalue weighted by molar-refractivity contribution is -0.117. The number of tetrazole rings is 1. The van der Waals surface area contributed by atoms with Gasteiger partial charge in [-0.25, -0.2) is 0 Å². The van der Waals surface area contributed by atoms with Gasteiger partial charge in [-0.05, 0) is 53.6 Å². The summed E-state index contributed by atoms with van der Waals surface area (Å²) in [5.41, 5.74) is 2.72. The minimum Gasteiger partial charge on any atom is -0.324 e. The number of halogens is 1. The van der Waals surface area contributed by atoms with E-state index >= 15 is 0 Å². The second kappa shape index (κ2) is 7.23. The van der Waals surface area contributed by atoms with E-state index in [2.05, 4.69) is 27.7 Å². The number of benzene rings is 2. The van der Waals surface area contributed by atoms with Gasteiger partial charge < -0.3 is 5.32 Å². The van der Waals surface area contributed by atoms with Gasteiger partial charge >= 0.3 is 0 Å². The van der Waals surface area contributed by atoms with Crippen molar-refractivity contribution in [2.24, 2.45) is 0 Å². The molecular weight excluding hydrogens is 326 g/mol. The van der Waals surface area contributed by atoms with E-state index in [4.69, 9.17) is 11.6 Å². The van der Waals surface area contributed by atoms with E-state index in [0.717, 1.165) is 23.2 Å². The highest BCUT2D eigenvalue weighted by Crippen LogP contribution is 2.17. The number of carbonyl (C=O) groups is 1. The van der Waals surface area contributed by atoms with E-state index in [1.807, 2.05) is 24.3 Å². The number of nitrogens with one attached hydrogen (secondary N) is 1. The summed E-state index contributed by atoms with van der Waals surface area (Å²) in [4.78, 5) is 13.4. The van der Waals surface area contributed by atoms with Gasteiger partial charge in [0.25, 0.3) is 0 Å². The van der Waals surface area contributed by atoms with Crippen LogP contribution in [0.3, 0.4) is 0 Å². The molecule has 7 heteroatoms. The van der Waals surface area contributed by atoms with E-state index in [0.29, 0.717) is 10.8 Å². The predicted molar refractivity (Wildman–Crippen MR) is 92.7 cm³/mol. The van der Waals surface area contributed by atoms with Crippen molar-refractivity contribution in [3.05, 3.63) is 59.1 Å². The van der Waals surface area contributed by atoms with Crippen LogP contribution in [-0.2, 0) is 17.8 Å². The molecule has 2 aromatic carbocycles. The normalized spacial score (nSPS) is 10.6. The molecule has 0 spiro atoms. The average Bonchev–Trinajstić information content (AvgIpc) is 3.04. The SMILES string of the molecule is CCc1cccc(NC(=O)Cn2nnc(-c3ccc(Cl)cc3)n2)c1. The fraction of sp³-hybridized carbons (Fsp3) is 0.176. The second-order valence-electron chi connectivity index (χ2n) is 5.25. The highest BCUT2D eigenvalue weighted by molar-refractivity contribution is 6.30. The number of aromatic nitrogens is 4. The Morgan fingerprint density at radius 3 is 2.75 bits per heavy atom. The Hall–Kier alpha value is -2.73. The molecule has 0 aliphatic carbocycles. The summed E-state index contributed by atoms with van der Waals surface area (Å²) in [5.74, 6) is 0.246. The van der Waals surface area contributed by atoms with E-state index in [1.54, 1.807) is 24.3 Å². The number of hydrogen-bond acceptors (Lipinski definition) is 4. The third-order valence-corrected chi connectivity index (χ3v) is 3.71. The Bertz CT molecular complexity index is 844. The van der Waals surface area contributed by atoms with Crippen LogP contribution in [0.5, 0.6) is 0 Å². The average molecular weight is 342 g/mol. The minimum absolute atomic E-state index is 0.00303. The van der Waals surface area contributed by atoms with E-state index in [1.165, 1.54) is 4.80 Å². The third-order valence-electron chi connectivity index (χ3n) is 3.46. The number of aryl methyl sites for hydroxylation is 1. The van der Waals surface area contributed by atoms with Crippen LogP contribution in [0.2, 0.25) is 5.02 Å². The topological polar surface area (TPSA) is 72.7 Å². The Morgan fingerprint density at radius 1 is 1.21 bits per heavy atom. The van der Waals surface area contributed by atoms with Gasteiger partial charge in [0.1, 0.15) is 6.54 Å². The van der Waals surface area contributed by atoms with Crippen LogP contribution in [0.4, 0.5) is 5.69 Å². The lowest BCUT2D eigenvalue weighted by Gasteiger charge is -2.05. The van der Waals surface area contributed by atoms with Crippen LogP contribution in [-0.4, -0.2) is 26.1 Å². The van der Waals surface area contributed by atoms with E-state index in [9.17, 15) is 4.79 Å². The predicted octanol–water partition coefficient (Wildman–Crippen LogP) is 3.19. The second-order valence-corrected chi connectivity index (χ2v) is 5.69. The molecule has 0 atom stereocenters. The Kier molecular flexibility index (Phi) is 4.86. The molecule has 0 saturated carbocycles. The molecular formula is C17H16ClN5O. The van der Waals surface area contributed by atoms with Crippen molar-refractivity contribution < 1.29 is 4.79 Å². The van der Waals surface area contributed by atoms with Crippen LogP contribution >= 0.6 is 11.6 Å². The molecule has 6 nitrogen and oxygen atoms in total. The Labute approximate surface area is 144 Å². The first-order chi connectivity index (χ1) is 11.6. The van der Waals surface area contributed by atoms with Crippen LogP contribution in [0.25, 0.3) is 11.4 Å². The van der Waals surface area contributed by atoms with Crippen molar-refractivity contribution in [2.45, 2.75) is 19.9 Å². The van der Waals surface area contributed by atoms with Gasteiger partial charge in [0.15, 0.2) is 0 Å². The molecule has 0 radical (unpaired) electrons. The van der Waals surface area contributed by atoms with Crippen LogP contribution in [0.1, 0.15) is 12.5 Å². The molecule has 0 bridgehead atoms. The zero-order chi connectivity index (χ0) is 16.9. The van der Waals surface area contributed by atoms with Gasteiger partial charge in [-0.15, -0.1) is 10.2 Å². The van der Waals surface area contributed by atoms with Crippen molar-refractivity contribution in [3.8, 4) is 11.4 Å². The molecule has 0 saturated heterocycles. The number of amides is 1. The van der Waals surface area contributed by atoms with Gasteiger partial charge in [0, 0.05) is 16.3 Å². The first-order valence-corrected chi connectivity index (χ1v) is 7.94. The van der Waals surface area contributed by atoms with Crippen molar-refractivity contribution in [2.75, 3.05) is 5.32 Å².